The molecule has 2 aliphatic heterocycles. The number of nitrogens with zero attached hydrogens (tertiary/aromatic N) is 2. The van der Waals surface area contributed by atoms with Gasteiger partial charge in [-0.2, -0.15) is 17.0 Å². The molecule has 1 atom stereocenters. The summed E-state index contributed by atoms with van der Waals surface area (Å²) in [6.45, 7) is 2.67. The first-order valence-electron chi connectivity index (χ1n) is 6.57. The first kappa shape index (κ1) is 16.2. The van der Waals surface area contributed by atoms with Gasteiger partial charge in [-0.3, -0.25) is 0 Å². The summed E-state index contributed by atoms with van der Waals surface area (Å²) in [5.74, 6) is 0. The molecule has 2 heterocycles. The highest BCUT2D eigenvalue weighted by Gasteiger charge is 2.34. The Morgan fingerprint density at radius 3 is 2.11 bits per heavy atom. The summed E-state index contributed by atoms with van der Waals surface area (Å²) in [5, 5.41) is 3.16. The Hall–Kier alpha value is 0.120. The maximum Gasteiger partial charge on any atom is 0.282 e. The van der Waals surface area contributed by atoms with Crippen molar-refractivity contribution < 1.29 is 8.42 Å². The SMILES string of the molecule is CNC1CCN(S(=O)(=O)N2CCCCCC2)C1.Cl. The fourth-order valence-electron chi connectivity index (χ4n) is 2.61. The lowest BCUT2D eigenvalue weighted by Gasteiger charge is -2.26. The van der Waals surface area contributed by atoms with Crippen LogP contribution in [0.2, 0.25) is 0 Å². The van der Waals surface area contributed by atoms with Gasteiger partial charge in [-0.25, -0.2) is 0 Å². The van der Waals surface area contributed by atoms with Crippen molar-refractivity contribution in [1.29, 1.82) is 0 Å². The number of rotatable bonds is 3. The molecule has 2 fully saturated rings. The Bertz CT molecular complexity index is 342. The summed E-state index contributed by atoms with van der Waals surface area (Å²) < 4.78 is 28.2. The minimum Gasteiger partial charge on any atom is -0.316 e. The van der Waals surface area contributed by atoms with Crippen LogP contribution in [0.1, 0.15) is 32.1 Å². The Labute approximate surface area is 116 Å². The van der Waals surface area contributed by atoms with E-state index < -0.39 is 10.2 Å². The Morgan fingerprint density at radius 2 is 1.61 bits per heavy atom. The normalized spacial score (nSPS) is 27.7. The lowest BCUT2D eigenvalue weighted by atomic mass is 10.2. The lowest BCUT2D eigenvalue weighted by Crippen LogP contribution is -2.44. The zero-order valence-corrected chi connectivity index (χ0v) is 12.6. The number of hydrogen-bond acceptors (Lipinski definition) is 3. The van der Waals surface area contributed by atoms with Gasteiger partial charge < -0.3 is 5.32 Å². The van der Waals surface area contributed by atoms with Gasteiger partial charge in [0.1, 0.15) is 0 Å². The molecular weight excluding hydrogens is 274 g/mol. The zero-order valence-electron chi connectivity index (χ0n) is 11.0. The smallest absolute Gasteiger partial charge is 0.282 e. The third-order valence-corrected chi connectivity index (χ3v) is 5.78. The summed E-state index contributed by atoms with van der Waals surface area (Å²) in [6, 6.07) is 0.316. The predicted octanol–water partition coefficient (Wildman–Crippen LogP) is 0.823. The van der Waals surface area contributed by atoms with Crippen molar-refractivity contribution in [3.05, 3.63) is 0 Å². The quantitative estimate of drug-likeness (QED) is 0.839. The minimum absolute atomic E-state index is 0. The average molecular weight is 298 g/mol. The van der Waals surface area contributed by atoms with Crippen molar-refractivity contribution >= 4 is 22.6 Å². The van der Waals surface area contributed by atoms with Crippen LogP contribution < -0.4 is 5.32 Å². The molecule has 2 rings (SSSR count). The summed E-state index contributed by atoms with van der Waals surface area (Å²) in [4.78, 5) is 0. The Morgan fingerprint density at radius 1 is 1.00 bits per heavy atom. The Kier molecular flexibility index (Phi) is 6.34. The van der Waals surface area contributed by atoms with Crippen LogP contribution in [0.4, 0.5) is 0 Å². The van der Waals surface area contributed by atoms with Gasteiger partial charge >= 0.3 is 0 Å². The highest BCUT2D eigenvalue weighted by Crippen LogP contribution is 2.20. The minimum atomic E-state index is -3.20. The summed E-state index contributed by atoms with van der Waals surface area (Å²) in [6.07, 6.45) is 5.24. The van der Waals surface area contributed by atoms with Crippen LogP contribution in [0.5, 0.6) is 0 Å². The molecule has 2 saturated heterocycles. The van der Waals surface area contributed by atoms with E-state index in [1.807, 2.05) is 7.05 Å². The zero-order chi connectivity index (χ0) is 12.3. The van der Waals surface area contributed by atoms with Crippen molar-refractivity contribution in [3.8, 4) is 0 Å². The van der Waals surface area contributed by atoms with Gasteiger partial charge in [-0.05, 0) is 26.3 Å². The van der Waals surface area contributed by atoms with E-state index in [-0.39, 0.29) is 12.4 Å². The third kappa shape index (κ3) is 3.57. The number of hydrogen-bond donors (Lipinski definition) is 1. The van der Waals surface area contributed by atoms with Gasteiger partial charge in [0.2, 0.25) is 0 Å². The van der Waals surface area contributed by atoms with Crippen LogP contribution >= 0.6 is 12.4 Å². The highest BCUT2D eigenvalue weighted by atomic mass is 35.5. The van der Waals surface area contributed by atoms with Crippen molar-refractivity contribution in [2.45, 2.75) is 38.1 Å². The summed E-state index contributed by atoms with van der Waals surface area (Å²) in [7, 11) is -1.31. The molecule has 0 aliphatic carbocycles. The van der Waals surface area contributed by atoms with Gasteiger partial charge in [-0.15, -0.1) is 12.4 Å². The molecule has 1 N–H and O–H groups in total. The summed E-state index contributed by atoms with van der Waals surface area (Å²) >= 11 is 0. The first-order chi connectivity index (χ1) is 8.14. The van der Waals surface area contributed by atoms with Crippen molar-refractivity contribution in [2.75, 3.05) is 33.2 Å². The Balaban J connectivity index is 0.00000162. The molecule has 0 aromatic heterocycles. The van der Waals surface area contributed by atoms with E-state index in [9.17, 15) is 8.42 Å². The molecule has 0 bridgehead atoms. The van der Waals surface area contributed by atoms with Crippen LogP contribution in [-0.2, 0) is 10.2 Å². The van der Waals surface area contributed by atoms with Crippen LogP contribution in [-0.4, -0.2) is 56.3 Å². The first-order valence-corrected chi connectivity index (χ1v) is 7.97. The van der Waals surface area contributed by atoms with Crippen LogP contribution in [0.15, 0.2) is 0 Å². The second-order valence-electron chi connectivity index (χ2n) is 4.95. The van der Waals surface area contributed by atoms with E-state index in [0.717, 1.165) is 32.1 Å². The van der Waals surface area contributed by atoms with Crippen LogP contribution in [0.25, 0.3) is 0 Å². The fourth-order valence-corrected chi connectivity index (χ4v) is 4.36. The van der Waals surface area contributed by atoms with Gasteiger partial charge in [0, 0.05) is 32.2 Å². The molecule has 0 spiro atoms. The number of halogens is 1. The molecule has 108 valence electrons. The molecule has 5 nitrogen and oxygen atoms in total. The molecule has 0 amide bonds. The van der Waals surface area contributed by atoms with Crippen LogP contribution in [0, 0.1) is 0 Å². The second kappa shape index (κ2) is 7.05. The molecule has 1 unspecified atom stereocenters. The topological polar surface area (TPSA) is 52.7 Å². The average Bonchev–Trinajstić information content (AvgIpc) is 2.64. The molecule has 18 heavy (non-hydrogen) atoms. The van der Waals surface area contributed by atoms with Crippen LogP contribution in [0.3, 0.4) is 0 Å². The van der Waals surface area contributed by atoms with E-state index in [1.54, 1.807) is 8.61 Å². The van der Waals surface area contributed by atoms with Gasteiger partial charge in [0.05, 0.1) is 0 Å². The van der Waals surface area contributed by atoms with E-state index in [4.69, 9.17) is 0 Å². The number of nitrogens with one attached hydrogen (secondary N) is 1. The maximum atomic E-state index is 12.4. The molecular formula is C11H24ClN3O2S. The van der Waals surface area contributed by atoms with Crippen molar-refractivity contribution in [2.24, 2.45) is 0 Å². The lowest BCUT2D eigenvalue weighted by molar-refractivity contribution is 0.364. The molecule has 0 saturated carbocycles. The molecule has 0 aromatic rings. The standard InChI is InChI=1S/C11H23N3O2S.ClH/c1-12-11-6-9-14(10-11)17(15,16)13-7-4-2-3-5-8-13;/h11-12H,2-10H2,1H3;1H. The fraction of sp³-hybridized carbons (Fsp3) is 1.00. The second-order valence-corrected chi connectivity index (χ2v) is 6.88. The third-order valence-electron chi connectivity index (χ3n) is 3.78. The van der Waals surface area contributed by atoms with Gasteiger partial charge in [0.25, 0.3) is 10.2 Å². The van der Waals surface area contributed by atoms with E-state index in [1.165, 1.54) is 0 Å². The molecule has 0 radical (unpaired) electrons. The molecule has 2 aliphatic rings. The van der Waals surface area contributed by atoms with Gasteiger partial charge in [0.15, 0.2) is 0 Å². The van der Waals surface area contributed by atoms with Gasteiger partial charge in [-0.1, -0.05) is 12.8 Å². The van der Waals surface area contributed by atoms with Crippen molar-refractivity contribution in [1.82, 2.24) is 13.9 Å². The largest absolute Gasteiger partial charge is 0.316 e. The highest BCUT2D eigenvalue weighted by molar-refractivity contribution is 7.86. The maximum absolute atomic E-state index is 12.4. The van der Waals surface area contributed by atoms with E-state index >= 15 is 0 Å². The van der Waals surface area contributed by atoms with E-state index in [2.05, 4.69) is 5.32 Å². The molecule has 0 aromatic carbocycles. The summed E-state index contributed by atoms with van der Waals surface area (Å²) in [5.41, 5.74) is 0. The number of likely N-dealkylation sites (N-methyl/N-ethyl adjacent to an activating group) is 1. The molecule has 7 heteroatoms. The van der Waals surface area contributed by atoms with Crippen molar-refractivity contribution in [3.63, 3.8) is 0 Å². The van der Waals surface area contributed by atoms with E-state index in [0.29, 0.717) is 32.2 Å². The monoisotopic (exact) mass is 297 g/mol. The predicted molar refractivity (Wildman–Crippen MR) is 75.2 cm³/mol.